The Hall–Kier alpha value is -2.57. The zero-order chi connectivity index (χ0) is 18.8. The summed E-state index contributed by atoms with van der Waals surface area (Å²) in [6, 6.07) is 11.1. The molecule has 3 aromatic rings. The summed E-state index contributed by atoms with van der Waals surface area (Å²) in [5.41, 5.74) is 1.51. The number of halogens is 1. The minimum atomic E-state index is 0.0364. The second-order valence-electron chi connectivity index (χ2n) is 6.69. The molecular weight excluding hydrogens is 364 g/mol. The number of ether oxygens (including phenoxy) is 1. The van der Waals surface area contributed by atoms with Gasteiger partial charge in [-0.1, -0.05) is 17.7 Å². The standard InChI is InChI=1S/C20H21ClN4O2/c1-12(15-5-3-9-22-15)27-18-6-2-4-16-19(18)20(24-11-23-16)25-13-7-8-17(26)14(21)10-13/h2,4,6-8,10-12,15,22,26H,3,5,9H2,1H3,(H,23,24,25)/t12-,15?/m0/s1. The van der Waals surface area contributed by atoms with E-state index in [0.29, 0.717) is 11.9 Å². The van der Waals surface area contributed by atoms with Crippen LogP contribution in [0.15, 0.2) is 42.7 Å². The number of phenols is 1. The normalized spacial score (nSPS) is 17.8. The molecule has 1 aliphatic heterocycles. The number of rotatable bonds is 5. The lowest BCUT2D eigenvalue weighted by molar-refractivity contribution is 0.182. The molecule has 0 amide bonds. The minimum Gasteiger partial charge on any atom is -0.506 e. The topological polar surface area (TPSA) is 79.3 Å². The van der Waals surface area contributed by atoms with Crippen molar-refractivity contribution in [3.05, 3.63) is 47.7 Å². The van der Waals surface area contributed by atoms with Crippen molar-refractivity contribution in [1.29, 1.82) is 0 Å². The molecule has 2 heterocycles. The van der Waals surface area contributed by atoms with Gasteiger partial charge in [0.25, 0.3) is 0 Å². The molecule has 6 nitrogen and oxygen atoms in total. The van der Waals surface area contributed by atoms with Crippen LogP contribution in [0.25, 0.3) is 10.9 Å². The molecule has 1 aliphatic rings. The van der Waals surface area contributed by atoms with Crippen molar-refractivity contribution in [2.75, 3.05) is 11.9 Å². The fourth-order valence-corrected chi connectivity index (χ4v) is 3.57. The SMILES string of the molecule is C[C@H](Oc1cccc2ncnc(Nc3ccc(O)c(Cl)c3)c12)C1CCCN1. The first-order valence-corrected chi connectivity index (χ1v) is 9.39. The van der Waals surface area contributed by atoms with E-state index in [9.17, 15) is 5.11 Å². The van der Waals surface area contributed by atoms with E-state index in [1.807, 2.05) is 18.2 Å². The number of hydrogen-bond acceptors (Lipinski definition) is 6. The summed E-state index contributed by atoms with van der Waals surface area (Å²) in [5, 5.41) is 17.4. The lowest BCUT2D eigenvalue weighted by Gasteiger charge is -2.22. The summed E-state index contributed by atoms with van der Waals surface area (Å²) in [4.78, 5) is 8.76. The van der Waals surface area contributed by atoms with Crippen molar-refractivity contribution in [3.8, 4) is 11.5 Å². The Labute approximate surface area is 162 Å². The highest BCUT2D eigenvalue weighted by molar-refractivity contribution is 6.32. The first kappa shape index (κ1) is 17.8. The molecule has 1 fully saturated rings. The van der Waals surface area contributed by atoms with Crippen LogP contribution >= 0.6 is 11.6 Å². The molecule has 0 radical (unpaired) electrons. The maximum Gasteiger partial charge on any atom is 0.145 e. The number of benzene rings is 2. The van der Waals surface area contributed by atoms with Crippen molar-refractivity contribution >= 4 is 34.0 Å². The van der Waals surface area contributed by atoms with Gasteiger partial charge in [0, 0.05) is 11.7 Å². The predicted molar refractivity (Wildman–Crippen MR) is 107 cm³/mol. The third kappa shape index (κ3) is 3.77. The molecule has 2 aromatic carbocycles. The molecule has 0 spiro atoms. The van der Waals surface area contributed by atoms with Crippen LogP contribution in [0.2, 0.25) is 5.02 Å². The van der Waals surface area contributed by atoms with Gasteiger partial charge in [-0.3, -0.25) is 0 Å². The van der Waals surface area contributed by atoms with E-state index in [4.69, 9.17) is 16.3 Å². The second kappa shape index (κ2) is 7.58. The van der Waals surface area contributed by atoms with Crippen molar-refractivity contribution in [2.24, 2.45) is 0 Å². The van der Waals surface area contributed by atoms with Gasteiger partial charge in [0.1, 0.15) is 29.7 Å². The van der Waals surface area contributed by atoms with E-state index in [-0.39, 0.29) is 16.9 Å². The summed E-state index contributed by atoms with van der Waals surface area (Å²) in [6.07, 6.45) is 3.83. The highest BCUT2D eigenvalue weighted by atomic mass is 35.5. The Kier molecular flexibility index (Phi) is 5.01. The Bertz CT molecular complexity index is 955. The average molecular weight is 385 g/mol. The number of phenolic OH excluding ortho intramolecular Hbond substituents is 1. The molecule has 4 rings (SSSR count). The molecule has 0 bridgehead atoms. The van der Waals surface area contributed by atoms with Crippen LogP contribution in [0.4, 0.5) is 11.5 Å². The van der Waals surface area contributed by atoms with E-state index in [0.717, 1.165) is 35.3 Å². The summed E-state index contributed by atoms with van der Waals surface area (Å²) in [7, 11) is 0. The van der Waals surface area contributed by atoms with Crippen molar-refractivity contribution in [1.82, 2.24) is 15.3 Å². The summed E-state index contributed by atoms with van der Waals surface area (Å²) >= 11 is 6.02. The van der Waals surface area contributed by atoms with Gasteiger partial charge in [0.15, 0.2) is 0 Å². The van der Waals surface area contributed by atoms with Crippen molar-refractivity contribution in [3.63, 3.8) is 0 Å². The number of anilines is 2. The van der Waals surface area contributed by atoms with Gasteiger partial charge >= 0.3 is 0 Å². The molecule has 2 atom stereocenters. The van der Waals surface area contributed by atoms with Crippen LogP contribution in [-0.2, 0) is 0 Å². The number of fused-ring (bicyclic) bond motifs is 1. The molecular formula is C20H21ClN4O2. The van der Waals surface area contributed by atoms with Gasteiger partial charge in [-0.15, -0.1) is 0 Å². The Morgan fingerprint density at radius 1 is 1.30 bits per heavy atom. The van der Waals surface area contributed by atoms with Crippen LogP contribution in [0.1, 0.15) is 19.8 Å². The highest BCUT2D eigenvalue weighted by Crippen LogP contribution is 2.34. The Balaban J connectivity index is 1.69. The zero-order valence-corrected chi connectivity index (χ0v) is 15.7. The quantitative estimate of drug-likeness (QED) is 0.570. The lowest BCUT2D eigenvalue weighted by atomic mass is 10.1. The smallest absolute Gasteiger partial charge is 0.145 e. The maximum atomic E-state index is 9.62. The van der Waals surface area contributed by atoms with E-state index < -0.39 is 0 Å². The Morgan fingerprint density at radius 2 is 2.19 bits per heavy atom. The number of hydrogen-bond donors (Lipinski definition) is 3. The first-order chi connectivity index (χ1) is 13.1. The van der Waals surface area contributed by atoms with Gasteiger partial charge in [-0.2, -0.15) is 0 Å². The lowest BCUT2D eigenvalue weighted by Crippen LogP contribution is -2.36. The third-order valence-electron chi connectivity index (χ3n) is 4.81. The summed E-state index contributed by atoms with van der Waals surface area (Å²) < 4.78 is 6.28. The fourth-order valence-electron chi connectivity index (χ4n) is 3.39. The van der Waals surface area contributed by atoms with E-state index >= 15 is 0 Å². The average Bonchev–Trinajstić information content (AvgIpc) is 3.20. The number of aromatic hydroxyl groups is 1. The van der Waals surface area contributed by atoms with Crippen molar-refractivity contribution < 1.29 is 9.84 Å². The molecule has 7 heteroatoms. The molecule has 3 N–H and O–H groups in total. The highest BCUT2D eigenvalue weighted by Gasteiger charge is 2.23. The fraction of sp³-hybridized carbons (Fsp3) is 0.300. The van der Waals surface area contributed by atoms with Gasteiger partial charge < -0.3 is 20.5 Å². The van der Waals surface area contributed by atoms with E-state index in [2.05, 4.69) is 27.5 Å². The van der Waals surface area contributed by atoms with Crippen LogP contribution in [-0.4, -0.2) is 33.8 Å². The molecule has 1 saturated heterocycles. The van der Waals surface area contributed by atoms with Gasteiger partial charge in [0.05, 0.1) is 15.9 Å². The number of aromatic nitrogens is 2. The molecule has 0 saturated carbocycles. The minimum absolute atomic E-state index is 0.0364. The van der Waals surface area contributed by atoms with E-state index in [1.165, 1.54) is 12.7 Å². The molecule has 1 aromatic heterocycles. The molecule has 1 unspecified atom stereocenters. The maximum absolute atomic E-state index is 9.62. The summed E-state index contributed by atoms with van der Waals surface area (Å²) in [5.74, 6) is 1.40. The number of nitrogens with one attached hydrogen (secondary N) is 2. The van der Waals surface area contributed by atoms with Crippen LogP contribution in [0.5, 0.6) is 11.5 Å². The molecule has 27 heavy (non-hydrogen) atoms. The van der Waals surface area contributed by atoms with Crippen LogP contribution in [0.3, 0.4) is 0 Å². The third-order valence-corrected chi connectivity index (χ3v) is 5.12. The summed E-state index contributed by atoms with van der Waals surface area (Å²) in [6.45, 7) is 3.11. The van der Waals surface area contributed by atoms with Crippen LogP contribution < -0.4 is 15.4 Å². The predicted octanol–water partition coefficient (Wildman–Crippen LogP) is 4.25. The largest absolute Gasteiger partial charge is 0.506 e. The van der Waals surface area contributed by atoms with E-state index in [1.54, 1.807) is 18.2 Å². The van der Waals surface area contributed by atoms with Crippen molar-refractivity contribution in [2.45, 2.75) is 31.9 Å². The Morgan fingerprint density at radius 3 is 2.96 bits per heavy atom. The molecule has 0 aliphatic carbocycles. The molecule has 140 valence electrons. The zero-order valence-electron chi connectivity index (χ0n) is 14.9. The van der Waals surface area contributed by atoms with Gasteiger partial charge in [0.2, 0.25) is 0 Å². The van der Waals surface area contributed by atoms with Gasteiger partial charge in [-0.05, 0) is 56.6 Å². The second-order valence-corrected chi connectivity index (χ2v) is 7.10. The number of nitrogens with zero attached hydrogens (tertiary/aromatic N) is 2. The van der Waals surface area contributed by atoms with Gasteiger partial charge in [-0.25, -0.2) is 9.97 Å². The van der Waals surface area contributed by atoms with Crippen LogP contribution in [0, 0.1) is 0 Å². The first-order valence-electron chi connectivity index (χ1n) is 9.01. The monoisotopic (exact) mass is 384 g/mol.